The third-order valence-corrected chi connectivity index (χ3v) is 8.25. The molecule has 0 aromatic rings. The number of ether oxygens (including phenoxy) is 2. The van der Waals surface area contributed by atoms with Gasteiger partial charge in [-0.2, -0.15) is 0 Å². The van der Waals surface area contributed by atoms with Crippen molar-refractivity contribution in [1.82, 2.24) is 0 Å². The molecule has 0 amide bonds. The van der Waals surface area contributed by atoms with Crippen molar-refractivity contribution >= 4 is 11.9 Å². The zero-order valence-corrected chi connectivity index (χ0v) is 23.4. The number of esters is 2. The van der Waals surface area contributed by atoms with Crippen LogP contribution in [0, 0.1) is 23.7 Å². The van der Waals surface area contributed by atoms with Gasteiger partial charge in [0.2, 0.25) is 0 Å². The Hall–Kier alpha value is -1.14. The zero-order chi connectivity index (χ0) is 26.4. The largest absolute Gasteiger partial charge is 0.469 e. The SMILES string of the molecule is CO.COC(=O)C1CCCCC1.O=C(OCC1CCCCC1)C1CCCCC1.OCC1CCCCC1. The maximum atomic E-state index is 11.8. The molecule has 0 aromatic heterocycles. The number of hydrogen-bond donors (Lipinski definition) is 2. The average molecular weight is 513 g/mol. The quantitative estimate of drug-likeness (QED) is 0.403. The Morgan fingerprint density at radius 2 is 0.944 bits per heavy atom. The fraction of sp³-hybridized carbons (Fsp3) is 0.933. The van der Waals surface area contributed by atoms with Crippen molar-refractivity contribution in [2.75, 3.05) is 27.4 Å². The zero-order valence-electron chi connectivity index (χ0n) is 23.4. The topological polar surface area (TPSA) is 93.1 Å². The smallest absolute Gasteiger partial charge is 0.308 e. The van der Waals surface area contributed by atoms with E-state index in [9.17, 15) is 9.59 Å². The molecular formula is C30H56O6. The van der Waals surface area contributed by atoms with E-state index < -0.39 is 0 Å². The van der Waals surface area contributed by atoms with Crippen molar-refractivity contribution in [1.29, 1.82) is 0 Å². The summed E-state index contributed by atoms with van der Waals surface area (Å²) in [6.07, 6.45) is 24.7. The number of hydrogen-bond acceptors (Lipinski definition) is 6. The minimum Gasteiger partial charge on any atom is -0.469 e. The lowest BCUT2D eigenvalue weighted by Crippen LogP contribution is -2.23. The molecule has 36 heavy (non-hydrogen) atoms. The monoisotopic (exact) mass is 512 g/mol. The Labute approximate surface area is 220 Å². The molecule has 4 fully saturated rings. The van der Waals surface area contributed by atoms with Gasteiger partial charge in [-0.05, 0) is 63.2 Å². The first kappa shape index (κ1) is 32.9. The van der Waals surface area contributed by atoms with Gasteiger partial charge in [-0.1, -0.05) is 77.0 Å². The van der Waals surface area contributed by atoms with Crippen molar-refractivity contribution in [3.8, 4) is 0 Å². The van der Waals surface area contributed by atoms with Crippen LogP contribution < -0.4 is 0 Å². The van der Waals surface area contributed by atoms with E-state index in [1.165, 1.54) is 110 Å². The summed E-state index contributed by atoms with van der Waals surface area (Å²) < 4.78 is 10.1. The van der Waals surface area contributed by atoms with Crippen molar-refractivity contribution < 1.29 is 29.3 Å². The van der Waals surface area contributed by atoms with Crippen LogP contribution in [0.4, 0.5) is 0 Å². The lowest BCUT2D eigenvalue weighted by Gasteiger charge is -2.24. The highest BCUT2D eigenvalue weighted by Gasteiger charge is 2.24. The van der Waals surface area contributed by atoms with Crippen LogP contribution in [0.3, 0.4) is 0 Å². The van der Waals surface area contributed by atoms with Gasteiger partial charge in [0.1, 0.15) is 0 Å². The molecular weight excluding hydrogens is 456 g/mol. The van der Waals surface area contributed by atoms with Gasteiger partial charge in [-0.3, -0.25) is 9.59 Å². The first-order valence-corrected chi connectivity index (χ1v) is 14.9. The molecule has 0 bridgehead atoms. The van der Waals surface area contributed by atoms with Gasteiger partial charge in [0, 0.05) is 13.7 Å². The molecule has 0 atom stereocenters. The number of carbonyl (C=O) groups excluding carboxylic acids is 2. The number of aliphatic hydroxyl groups excluding tert-OH is 2. The molecule has 4 aliphatic rings. The third-order valence-electron chi connectivity index (χ3n) is 8.25. The molecule has 0 aromatic carbocycles. The van der Waals surface area contributed by atoms with E-state index in [0.717, 1.165) is 32.8 Å². The molecule has 6 nitrogen and oxygen atoms in total. The summed E-state index contributed by atoms with van der Waals surface area (Å²) in [6.45, 7) is 1.11. The molecule has 212 valence electrons. The predicted octanol–water partition coefficient (Wildman–Crippen LogP) is 6.60. The molecule has 0 heterocycles. The first-order chi connectivity index (χ1) is 17.6. The summed E-state index contributed by atoms with van der Waals surface area (Å²) in [6, 6.07) is 0. The summed E-state index contributed by atoms with van der Waals surface area (Å²) in [7, 11) is 2.47. The highest BCUT2D eigenvalue weighted by atomic mass is 16.5. The molecule has 4 saturated carbocycles. The van der Waals surface area contributed by atoms with E-state index in [4.69, 9.17) is 14.9 Å². The van der Waals surface area contributed by atoms with Crippen molar-refractivity contribution in [3.05, 3.63) is 0 Å². The van der Waals surface area contributed by atoms with Crippen LogP contribution in [0.25, 0.3) is 0 Å². The molecule has 4 rings (SSSR count). The van der Waals surface area contributed by atoms with Crippen molar-refractivity contribution in [3.63, 3.8) is 0 Å². The Morgan fingerprint density at radius 1 is 0.583 bits per heavy atom. The summed E-state index contributed by atoms with van der Waals surface area (Å²) in [5, 5.41) is 15.7. The summed E-state index contributed by atoms with van der Waals surface area (Å²) >= 11 is 0. The molecule has 0 aliphatic heterocycles. The van der Waals surface area contributed by atoms with Crippen LogP contribution in [0.15, 0.2) is 0 Å². The maximum absolute atomic E-state index is 11.8. The van der Waals surface area contributed by atoms with Gasteiger partial charge in [0.25, 0.3) is 0 Å². The van der Waals surface area contributed by atoms with Gasteiger partial charge in [0.15, 0.2) is 0 Å². The molecule has 6 heteroatoms. The minimum absolute atomic E-state index is 0.0142. The molecule has 4 aliphatic carbocycles. The highest BCUT2D eigenvalue weighted by Crippen LogP contribution is 2.27. The van der Waals surface area contributed by atoms with Gasteiger partial charge in [0.05, 0.1) is 25.6 Å². The Bertz CT molecular complexity index is 528. The lowest BCUT2D eigenvalue weighted by atomic mass is 9.89. The van der Waals surface area contributed by atoms with Gasteiger partial charge < -0.3 is 19.7 Å². The van der Waals surface area contributed by atoms with E-state index >= 15 is 0 Å². The standard InChI is InChI=1S/C14H24O2.C8H14O2.C7H14O.CH4O/c15-14(13-9-5-2-6-10-13)16-11-12-7-3-1-4-8-12;1-10-8(9)7-5-3-2-4-6-7;8-6-7-4-2-1-3-5-7;1-2/h12-13H,1-11H2;7H,2-6H2,1H3;7-8H,1-6H2;2H,1H3. The lowest BCUT2D eigenvalue weighted by molar-refractivity contribution is -0.151. The normalized spacial score (nSPS) is 21.9. The van der Waals surface area contributed by atoms with Gasteiger partial charge in [-0.15, -0.1) is 0 Å². The molecule has 0 spiro atoms. The van der Waals surface area contributed by atoms with Crippen LogP contribution in [0.2, 0.25) is 0 Å². The molecule has 2 N–H and O–H groups in total. The molecule has 0 radical (unpaired) electrons. The molecule has 0 unspecified atom stereocenters. The number of aliphatic hydroxyl groups is 2. The second-order valence-corrected chi connectivity index (χ2v) is 11.0. The average Bonchev–Trinajstić information content (AvgIpc) is 2.99. The summed E-state index contributed by atoms with van der Waals surface area (Å²) in [5.41, 5.74) is 0. The van der Waals surface area contributed by atoms with Crippen LogP contribution in [0.1, 0.15) is 128 Å². The Balaban J connectivity index is 0.000000279. The third kappa shape index (κ3) is 14.6. The predicted molar refractivity (Wildman–Crippen MR) is 145 cm³/mol. The van der Waals surface area contributed by atoms with E-state index in [2.05, 4.69) is 4.74 Å². The Kier molecular flexibility index (Phi) is 20.0. The summed E-state index contributed by atoms with van der Waals surface area (Å²) in [4.78, 5) is 22.8. The van der Waals surface area contributed by atoms with Crippen LogP contribution in [-0.4, -0.2) is 49.6 Å². The Morgan fingerprint density at radius 3 is 1.31 bits per heavy atom. The van der Waals surface area contributed by atoms with E-state index in [1.54, 1.807) is 0 Å². The molecule has 0 saturated heterocycles. The highest BCUT2D eigenvalue weighted by molar-refractivity contribution is 5.72. The van der Waals surface area contributed by atoms with Crippen LogP contribution >= 0.6 is 0 Å². The number of carbonyl (C=O) groups is 2. The van der Waals surface area contributed by atoms with Gasteiger partial charge >= 0.3 is 11.9 Å². The van der Waals surface area contributed by atoms with E-state index in [1.807, 2.05) is 0 Å². The summed E-state index contributed by atoms with van der Waals surface area (Å²) in [5.74, 6) is 1.80. The van der Waals surface area contributed by atoms with Crippen LogP contribution in [0.5, 0.6) is 0 Å². The van der Waals surface area contributed by atoms with Crippen molar-refractivity contribution in [2.24, 2.45) is 23.7 Å². The van der Waals surface area contributed by atoms with Crippen LogP contribution in [-0.2, 0) is 19.1 Å². The fourth-order valence-corrected chi connectivity index (χ4v) is 5.88. The maximum Gasteiger partial charge on any atom is 0.308 e. The van der Waals surface area contributed by atoms with E-state index in [0.29, 0.717) is 25.0 Å². The number of methoxy groups -OCH3 is 1. The fourth-order valence-electron chi connectivity index (χ4n) is 5.88. The second-order valence-electron chi connectivity index (χ2n) is 11.0. The van der Waals surface area contributed by atoms with Crippen molar-refractivity contribution in [2.45, 2.75) is 128 Å². The minimum atomic E-state index is -0.0142. The van der Waals surface area contributed by atoms with Gasteiger partial charge in [-0.25, -0.2) is 0 Å². The first-order valence-electron chi connectivity index (χ1n) is 14.9. The second kappa shape index (κ2) is 21.9. The van der Waals surface area contributed by atoms with E-state index in [-0.39, 0.29) is 23.8 Å². The number of rotatable bonds is 5.